The summed E-state index contributed by atoms with van der Waals surface area (Å²) in [7, 11) is 3.79. The predicted octanol–water partition coefficient (Wildman–Crippen LogP) is -0.790. The van der Waals surface area contributed by atoms with E-state index in [1.807, 2.05) is 0 Å². The van der Waals surface area contributed by atoms with E-state index >= 15 is 0 Å². The number of nitrogens with one attached hydrogen (secondary N) is 1. The summed E-state index contributed by atoms with van der Waals surface area (Å²) in [5, 5.41) is 11.7. The van der Waals surface area contributed by atoms with E-state index in [4.69, 9.17) is 10.8 Å². The molecule has 1 atom stereocenters. The second-order valence-electron chi connectivity index (χ2n) is 3.45. The zero-order valence-electron chi connectivity index (χ0n) is 8.47. The fourth-order valence-electron chi connectivity index (χ4n) is 1.28. The fraction of sp³-hybridized carbons (Fsp3) is 0.875. The van der Waals surface area contributed by atoms with Crippen molar-refractivity contribution in [1.82, 2.24) is 5.32 Å². The molecule has 0 aliphatic rings. The lowest BCUT2D eigenvalue weighted by atomic mass is 9.90. The minimum Gasteiger partial charge on any atom is -0.480 e. The number of carboxylic acids is 1. The van der Waals surface area contributed by atoms with Gasteiger partial charge in [0.1, 0.15) is 13.4 Å². The molecule has 0 saturated carbocycles. The van der Waals surface area contributed by atoms with E-state index in [0.717, 1.165) is 19.2 Å². The normalized spacial score (nSPS) is 15.2. The fourth-order valence-corrected chi connectivity index (χ4v) is 1.28. The molecule has 0 aromatic carbocycles. The van der Waals surface area contributed by atoms with Gasteiger partial charge in [0.15, 0.2) is 0 Å². The van der Waals surface area contributed by atoms with Crippen LogP contribution in [0.3, 0.4) is 0 Å². The van der Waals surface area contributed by atoms with Gasteiger partial charge < -0.3 is 16.2 Å². The molecule has 1 unspecified atom stereocenters. The summed E-state index contributed by atoms with van der Waals surface area (Å²) in [6, 6.07) is 0. The summed E-state index contributed by atoms with van der Waals surface area (Å²) in [5.74, 6) is -0.919. The first kappa shape index (κ1) is 12.5. The number of carboxylic acid groups (broad SMARTS) is 1. The number of likely N-dealkylation sites (N-methyl/N-ethyl adjacent to an activating group) is 1. The molecule has 5 heteroatoms. The molecule has 0 fully saturated rings. The minimum absolute atomic E-state index is 0.325. The third kappa shape index (κ3) is 4.29. The third-order valence-corrected chi connectivity index (χ3v) is 2.14. The molecule has 76 valence electrons. The number of unbranched alkanes of at least 4 members (excludes halogenated alkanes) is 1. The van der Waals surface area contributed by atoms with E-state index in [1.54, 1.807) is 7.05 Å². The van der Waals surface area contributed by atoms with Crippen LogP contribution in [0.25, 0.3) is 0 Å². The number of rotatable bonds is 7. The van der Waals surface area contributed by atoms with Crippen molar-refractivity contribution in [2.24, 2.45) is 5.73 Å². The van der Waals surface area contributed by atoms with Gasteiger partial charge >= 0.3 is 5.97 Å². The van der Waals surface area contributed by atoms with Crippen LogP contribution in [0.4, 0.5) is 0 Å². The number of aliphatic carboxylic acids is 1. The summed E-state index contributed by atoms with van der Waals surface area (Å²) in [4.78, 5) is 10.8. The van der Waals surface area contributed by atoms with E-state index in [2.05, 4.69) is 13.2 Å². The molecule has 0 aliphatic heterocycles. The molecule has 13 heavy (non-hydrogen) atoms. The van der Waals surface area contributed by atoms with Crippen molar-refractivity contribution < 1.29 is 9.90 Å². The van der Waals surface area contributed by atoms with Gasteiger partial charge in [-0.05, 0) is 13.5 Å². The zero-order chi connectivity index (χ0) is 10.3. The van der Waals surface area contributed by atoms with Gasteiger partial charge in [0, 0.05) is 6.54 Å². The van der Waals surface area contributed by atoms with Crippen LogP contribution in [0.1, 0.15) is 19.3 Å². The molecular weight excluding hydrogens is 167 g/mol. The first-order chi connectivity index (χ1) is 6.06. The molecule has 0 amide bonds. The van der Waals surface area contributed by atoms with Crippen molar-refractivity contribution in [3.05, 3.63) is 0 Å². The Morgan fingerprint density at radius 1 is 1.62 bits per heavy atom. The van der Waals surface area contributed by atoms with Crippen molar-refractivity contribution in [2.75, 3.05) is 13.6 Å². The third-order valence-electron chi connectivity index (χ3n) is 2.14. The average molecular weight is 186 g/mol. The topological polar surface area (TPSA) is 75.3 Å². The van der Waals surface area contributed by atoms with Gasteiger partial charge in [0.25, 0.3) is 0 Å². The van der Waals surface area contributed by atoms with Crippen molar-refractivity contribution in [3.8, 4) is 0 Å². The average Bonchev–Trinajstić information content (AvgIpc) is 2.05. The van der Waals surface area contributed by atoms with Gasteiger partial charge in [0.2, 0.25) is 0 Å². The largest absolute Gasteiger partial charge is 0.480 e. The van der Waals surface area contributed by atoms with E-state index in [9.17, 15) is 4.79 Å². The zero-order valence-corrected chi connectivity index (χ0v) is 8.47. The molecule has 0 bridgehead atoms. The molecule has 0 rings (SSSR count). The lowest BCUT2D eigenvalue weighted by Crippen LogP contribution is -2.54. The van der Waals surface area contributed by atoms with Crippen LogP contribution in [-0.2, 0) is 4.79 Å². The Kier molecular flexibility index (Phi) is 5.74. The Morgan fingerprint density at radius 3 is 2.62 bits per heavy atom. The van der Waals surface area contributed by atoms with Gasteiger partial charge in [-0.3, -0.25) is 4.79 Å². The van der Waals surface area contributed by atoms with Gasteiger partial charge in [0.05, 0.1) is 0 Å². The second kappa shape index (κ2) is 5.99. The first-order valence-electron chi connectivity index (χ1n) is 4.73. The summed E-state index contributed by atoms with van der Waals surface area (Å²) in [6.07, 6.45) is 3.53. The molecule has 4 nitrogen and oxygen atoms in total. The van der Waals surface area contributed by atoms with E-state index in [0.29, 0.717) is 13.0 Å². The van der Waals surface area contributed by atoms with Gasteiger partial charge in [-0.15, -0.1) is 0 Å². The maximum Gasteiger partial charge on any atom is 0.325 e. The van der Waals surface area contributed by atoms with Crippen LogP contribution >= 0.6 is 0 Å². The number of nitrogens with two attached hydrogens (primary N) is 1. The highest BCUT2D eigenvalue weighted by molar-refractivity contribution is 6.08. The van der Waals surface area contributed by atoms with Crippen molar-refractivity contribution in [2.45, 2.75) is 31.1 Å². The minimum atomic E-state index is -1.09. The second-order valence-corrected chi connectivity index (χ2v) is 3.45. The Bertz CT molecular complexity index is 166. The first-order valence-corrected chi connectivity index (χ1v) is 4.73. The number of hydrogen-bond donors (Lipinski definition) is 3. The van der Waals surface area contributed by atoms with Crippen molar-refractivity contribution in [1.29, 1.82) is 0 Å². The number of hydrogen-bond acceptors (Lipinski definition) is 3. The van der Waals surface area contributed by atoms with E-state index < -0.39 is 11.5 Å². The molecule has 0 aliphatic carbocycles. The van der Waals surface area contributed by atoms with Gasteiger partial charge in [-0.2, -0.15) is 0 Å². The molecule has 0 spiro atoms. The lowest BCUT2D eigenvalue weighted by Gasteiger charge is -2.24. The maximum atomic E-state index is 10.8. The Hall–Kier alpha value is -0.545. The molecule has 0 saturated heterocycles. The van der Waals surface area contributed by atoms with Crippen LogP contribution in [0.15, 0.2) is 0 Å². The summed E-state index contributed by atoms with van der Waals surface area (Å²) >= 11 is 0. The van der Waals surface area contributed by atoms with Crippen LogP contribution in [0.5, 0.6) is 0 Å². The standard InChI is InChI=1S/C8H19BN2O2/c1-11-6-8(10,7(12)13)4-2-3-5-9/h11H,2-6,9-10H2,1H3,(H,12,13). The van der Waals surface area contributed by atoms with Crippen LogP contribution in [0, 0.1) is 0 Å². The Balaban J connectivity index is 4.00. The molecule has 0 heterocycles. The lowest BCUT2D eigenvalue weighted by molar-refractivity contribution is -0.143. The highest BCUT2D eigenvalue weighted by Gasteiger charge is 2.32. The predicted molar refractivity (Wildman–Crippen MR) is 55.7 cm³/mol. The van der Waals surface area contributed by atoms with E-state index in [1.165, 1.54) is 0 Å². The Labute approximate surface area is 80.3 Å². The van der Waals surface area contributed by atoms with Gasteiger partial charge in [-0.1, -0.05) is 19.2 Å². The molecule has 4 N–H and O–H groups in total. The van der Waals surface area contributed by atoms with Crippen molar-refractivity contribution in [3.63, 3.8) is 0 Å². The molecular formula is C8H19BN2O2. The summed E-state index contributed by atoms with van der Waals surface area (Å²) in [5.41, 5.74) is 4.64. The molecule has 0 radical (unpaired) electrons. The quantitative estimate of drug-likeness (QED) is 0.359. The summed E-state index contributed by atoms with van der Waals surface area (Å²) < 4.78 is 0. The molecule has 0 aromatic heterocycles. The number of carbonyl (C=O) groups is 1. The van der Waals surface area contributed by atoms with Gasteiger partial charge in [-0.25, -0.2) is 0 Å². The SMILES string of the molecule is BCCCCC(N)(CNC)C(=O)O. The Morgan fingerprint density at radius 2 is 2.23 bits per heavy atom. The smallest absolute Gasteiger partial charge is 0.325 e. The van der Waals surface area contributed by atoms with Crippen molar-refractivity contribution >= 4 is 13.8 Å². The maximum absolute atomic E-state index is 10.8. The molecule has 0 aromatic rings. The van der Waals surface area contributed by atoms with Crippen LogP contribution in [0.2, 0.25) is 6.32 Å². The summed E-state index contributed by atoms with van der Waals surface area (Å²) in [6.45, 7) is 0.325. The van der Waals surface area contributed by atoms with E-state index in [-0.39, 0.29) is 0 Å². The van der Waals surface area contributed by atoms with Crippen LogP contribution < -0.4 is 11.1 Å². The monoisotopic (exact) mass is 186 g/mol. The highest BCUT2D eigenvalue weighted by atomic mass is 16.4. The highest BCUT2D eigenvalue weighted by Crippen LogP contribution is 2.11. The van der Waals surface area contributed by atoms with Crippen LogP contribution in [-0.4, -0.2) is 38.1 Å².